The Balaban J connectivity index is 1.57. The van der Waals surface area contributed by atoms with E-state index in [9.17, 15) is 4.79 Å². The average Bonchev–Trinajstić information content (AvgIpc) is 3.45. The van der Waals surface area contributed by atoms with Gasteiger partial charge in [-0.05, 0) is 57.6 Å². The highest BCUT2D eigenvalue weighted by Crippen LogP contribution is 2.61. The molecule has 1 aromatic heterocycles. The van der Waals surface area contributed by atoms with Crippen LogP contribution in [-0.4, -0.2) is 67.0 Å². The van der Waals surface area contributed by atoms with Crippen LogP contribution in [0.25, 0.3) is 0 Å². The second kappa shape index (κ2) is 8.74. The number of carbonyl (C=O) groups is 1. The number of carbonyl (C=O) groups excluding carboxylic acids is 1. The molecular weight excluding hydrogens is 356 g/mol. The minimum atomic E-state index is -0.330. The van der Waals surface area contributed by atoms with Gasteiger partial charge in [-0.15, -0.1) is 0 Å². The number of nitrogens with zero attached hydrogens (tertiary/aromatic N) is 3. The normalized spacial score (nSPS) is 28.2. The molecule has 5 unspecified atom stereocenters. The topological polar surface area (TPSA) is 76.6 Å². The number of aromatic nitrogens is 2. The van der Waals surface area contributed by atoms with E-state index in [0.717, 1.165) is 43.5 Å². The molecule has 2 fully saturated rings. The van der Waals surface area contributed by atoms with Gasteiger partial charge in [-0.25, -0.2) is 14.8 Å². The van der Waals surface area contributed by atoms with E-state index in [0.29, 0.717) is 12.5 Å². The van der Waals surface area contributed by atoms with E-state index in [1.165, 1.54) is 7.11 Å². The summed E-state index contributed by atoms with van der Waals surface area (Å²) in [4.78, 5) is 22.9. The van der Waals surface area contributed by atoms with Gasteiger partial charge in [0.25, 0.3) is 0 Å². The Morgan fingerprint density at radius 1 is 1.43 bits per heavy atom. The molecule has 0 aromatic carbocycles. The highest BCUT2D eigenvalue weighted by Gasteiger charge is 2.59. The molecule has 1 amide bonds. The summed E-state index contributed by atoms with van der Waals surface area (Å²) in [5.41, 5.74) is 1.28. The standard InChI is InChI=1S/C21H34N4O3/c1-6-17(22-3)18(25(4)20(26)27-5)13-28-16-7-8-21(10-15(21)9-16)19-23-11-14(2)12-24-19/h11-12,15-18,22H,6-10,13H2,1-5H3. The van der Waals surface area contributed by atoms with Gasteiger partial charge in [0.1, 0.15) is 5.82 Å². The highest BCUT2D eigenvalue weighted by molar-refractivity contribution is 5.67. The largest absolute Gasteiger partial charge is 0.453 e. The van der Waals surface area contributed by atoms with E-state index < -0.39 is 0 Å². The van der Waals surface area contributed by atoms with Crippen molar-refractivity contribution >= 4 is 6.09 Å². The lowest BCUT2D eigenvalue weighted by Crippen LogP contribution is -2.52. The van der Waals surface area contributed by atoms with Gasteiger partial charge in [0.15, 0.2) is 0 Å². The van der Waals surface area contributed by atoms with E-state index in [1.54, 1.807) is 11.9 Å². The van der Waals surface area contributed by atoms with Crippen LogP contribution in [0.5, 0.6) is 0 Å². The van der Waals surface area contributed by atoms with Crippen molar-refractivity contribution < 1.29 is 14.3 Å². The van der Waals surface area contributed by atoms with E-state index in [2.05, 4.69) is 22.2 Å². The van der Waals surface area contributed by atoms with Gasteiger partial charge >= 0.3 is 6.09 Å². The molecule has 0 radical (unpaired) electrons. The number of nitrogens with one attached hydrogen (secondary N) is 1. The van der Waals surface area contributed by atoms with E-state index in [1.807, 2.05) is 26.4 Å². The fourth-order valence-corrected chi connectivity index (χ4v) is 4.72. The van der Waals surface area contributed by atoms with Gasteiger partial charge in [0.05, 0.1) is 25.9 Å². The maximum atomic E-state index is 12.0. The summed E-state index contributed by atoms with van der Waals surface area (Å²) in [5, 5.41) is 3.30. The Hall–Kier alpha value is -1.73. The first-order valence-electron chi connectivity index (χ1n) is 10.3. The fraction of sp³-hybridized carbons (Fsp3) is 0.762. The predicted molar refractivity (Wildman–Crippen MR) is 107 cm³/mol. The highest BCUT2D eigenvalue weighted by atomic mass is 16.5. The van der Waals surface area contributed by atoms with Crippen LogP contribution in [0.2, 0.25) is 0 Å². The van der Waals surface area contributed by atoms with Crippen LogP contribution in [0.1, 0.15) is 50.4 Å². The third-order valence-corrected chi connectivity index (χ3v) is 6.66. The number of methoxy groups -OCH3 is 1. The van der Waals surface area contributed by atoms with Gasteiger partial charge in [-0.3, -0.25) is 0 Å². The molecule has 156 valence electrons. The summed E-state index contributed by atoms with van der Waals surface area (Å²) in [6, 6.07) is 0.0995. The lowest BCUT2D eigenvalue weighted by molar-refractivity contribution is -0.0150. The first kappa shape index (κ1) is 21.0. The minimum Gasteiger partial charge on any atom is -0.453 e. The molecule has 2 aliphatic rings. The molecule has 7 nitrogen and oxygen atoms in total. The zero-order chi connectivity index (χ0) is 20.3. The lowest BCUT2D eigenvalue weighted by Gasteiger charge is -2.35. The molecule has 0 aliphatic heterocycles. The third-order valence-electron chi connectivity index (χ3n) is 6.66. The van der Waals surface area contributed by atoms with Gasteiger partial charge < -0.3 is 19.7 Å². The number of fused-ring (bicyclic) bond motifs is 1. The van der Waals surface area contributed by atoms with E-state index in [-0.39, 0.29) is 29.7 Å². The quantitative estimate of drug-likeness (QED) is 0.735. The Kier molecular flexibility index (Phi) is 6.55. The summed E-state index contributed by atoms with van der Waals surface area (Å²) in [5.74, 6) is 1.61. The van der Waals surface area contributed by atoms with Crippen LogP contribution >= 0.6 is 0 Å². The Morgan fingerprint density at radius 2 is 2.14 bits per heavy atom. The van der Waals surface area contributed by atoms with Crippen molar-refractivity contribution in [1.82, 2.24) is 20.2 Å². The second-order valence-electron chi connectivity index (χ2n) is 8.32. The SMILES string of the molecule is CCC(NC)C(COC1CCC2(c3ncc(C)cn3)CC2C1)N(C)C(=O)OC. The van der Waals surface area contributed by atoms with E-state index >= 15 is 0 Å². The van der Waals surface area contributed by atoms with Crippen molar-refractivity contribution in [3.63, 3.8) is 0 Å². The first-order valence-corrected chi connectivity index (χ1v) is 10.3. The number of hydrogen-bond donors (Lipinski definition) is 1. The van der Waals surface area contributed by atoms with Crippen molar-refractivity contribution in [2.75, 3.05) is 27.8 Å². The molecule has 0 spiro atoms. The van der Waals surface area contributed by atoms with Gasteiger partial charge in [-0.1, -0.05) is 6.92 Å². The zero-order valence-corrected chi connectivity index (χ0v) is 17.8. The van der Waals surface area contributed by atoms with Crippen molar-refractivity contribution in [3.8, 4) is 0 Å². The minimum absolute atomic E-state index is 0.0613. The molecule has 5 atom stereocenters. The Morgan fingerprint density at radius 3 is 2.71 bits per heavy atom. The molecule has 7 heteroatoms. The van der Waals surface area contributed by atoms with Crippen LogP contribution in [0.4, 0.5) is 4.79 Å². The molecule has 0 bridgehead atoms. The number of hydrogen-bond acceptors (Lipinski definition) is 6. The number of amides is 1. The van der Waals surface area contributed by atoms with Crippen molar-refractivity contribution in [2.45, 2.75) is 69.6 Å². The molecule has 2 saturated carbocycles. The molecule has 1 N–H and O–H groups in total. The lowest BCUT2D eigenvalue weighted by atomic mass is 9.86. The second-order valence-corrected chi connectivity index (χ2v) is 8.32. The Bertz CT molecular complexity index is 664. The van der Waals surface area contributed by atoms with Gasteiger partial charge in [0, 0.05) is 30.9 Å². The smallest absolute Gasteiger partial charge is 0.409 e. The van der Waals surface area contributed by atoms with Crippen molar-refractivity contribution in [3.05, 3.63) is 23.8 Å². The van der Waals surface area contributed by atoms with Crippen molar-refractivity contribution in [2.24, 2.45) is 5.92 Å². The summed E-state index contributed by atoms with van der Waals surface area (Å²) in [7, 11) is 5.12. The Labute approximate surface area is 168 Å². The summed E-state index contributed by atoms with van der Waals surface area (Å²) < 4.78 is 11.2. The summed E-state index contributed by atoms with van der Waals surface area (Å²) in [6.45, 7) is 4.64. The van der Waals surface area contributed by atoms with Crippen LogP contribution in [-0.2, 0) is 14.9 Å². The maximum absolute atomic E-state index is 12.0. The zero-order valence-electron chi connectivity index (χ0n) is 17.8. The number of likely N-dealkylation sites (N-methyl/N-ethyl adjacent to an activating group) is 2. The number of aryl methyl sites for hydroxylation is 1. The van der Waals surface area contributed by atoms with Gasteiger partial charge in [0.2, 0.25) is 0 Å². The van der Waals surface area contributed by atoms with Gasteiger partial charge in [-0.2, -0.15) is 0 Å². The summed E-state index contributed by atoms with van der Waals surface area (Å²) in [6.07, 6.45) is 8.95. The predicted octanol–water partition coefficient (Wildman–Crippen LogP) is 2.68. The molecule has 0 saturated heterocycles. The number of rotatable bonds is 8. The summed E-state index contributed by atoms with van der Waals surface area (Å²) >= 11 is 0. The third kappa shape index (κ3) is 4.15. The molecule has 2 aliphatic carbocycles. The van der Waals surface area contributed by atoms with E-state index in [4.69, 9.17) is 9.47 Å². The number of ether oxygens (including phenoxy) is 2. The van der Waals surface area contributed by atoms with Crippen LogP contribution in [0.3, 0.4) is 0 Å². The molecule has 3 rings (SSSR count). The van der Waals surface area contributed by atoms with Crippen LogP contribution in [0.15, 0.2) is 12.4 Å². The molecule has 28 heavy (non-hydrogen) atoms. The molecule has 1 aromatic rings. The van der Waals surface area contributed by atoms with Crippen molar-refractivity contribution in [1.29, 1.82) is 0 Å². The monoisotopic (exact) mass is 390 g/mol. The van der Waals surface area contributed by atoms with Crippen LogP contribution in [0, 0.1) is 12.8 Å². The fourth-order valence-electron chi connectivity index (χ4n) is 4.72. The first-order chi connectivity index (χ1) is 13.4. The molecular formula is C21H34N4O3. The average molecular weight is 391 g/mol. The molecule has 1 heterocycles. The van der Waals surface area contributed by atoms with Crippen LogP contribution < -0.4 is 5.32 Å². The maximum Gasteiger partial charge on any atom is 0.409 e.